The van der Waals surface area contributed by atoms with Crippen LogP contribution in [-0.2, 0) is 6.18 Å². The second-order valence-corrected chi connectivity index (χ2v) is 3.98. The Kier molecular flexibility index (Phi) is 2.73. The molecule has 1 aromatic rings. The van der Waals surface area contributed by atoms with E-state index in [2.05, 4.69) is 5.32 Å². The fourth-order valence-electron chi connectivity index (χ4n) is 1.47. The normalized spacial score (nSPS) is 15.7. The fraction of sp³-hybridized carbons (Fsp3) is 0.364. The Morgan fingerprint density at radius 2 is 2.00 bits per heavy atom. The van der Waals surface area contributed by atoms with Gasteiger partial charge in [-0.3, -0.25) is 0 Å². The molecule has 6 heteroatoms. The van der Waals surface area contributed by atoms with Crippen molar-refractivity contribution in [2.75, 3.05) is 5.32 Å². The van der Waals surface area contributed by atoms with Crippen molar-refractivity contribution in [1.29, 1.82) is 0 Å². The fourth-order valence-corrected chi connectivity index (χ4v) is 1.47. The average molecular weight is 245 g/mol. The lowest BCUT2D eigenvalue weighted by molar-refractivity contribution is -0.137. The predicted octanol–water partition coefficient (Wildman–Crippen LogP) is 2.98. The number of carboxylic acids is 1. The van der Waals surface area contributed by atoms with Gasteiger partial charge in [-0.15, -0.1) is 0 Å². The van der Waals surface area contributed by atoms with Crippen LogP contribution in [0.5, 0.6) is 0 Å². The molecule has 1 aliphatic rings. The highest BCUT2D eigenvalue weighted by atomic mass is 19.4. The maximum Gasteiger partial charge on any atom is 0.416 e. The van der Waals surface area contributed by atoms with Gasteiger partial charge in [-0.25, -0.2) is 4.79 Å². The van der Waals surface area contributed by atoms with Gasteiger partial charge in [-0.1, -0.05) is 0 Å². The van der Waals surface area contributed by atoms with Gasteiger partial charge >= 0.3 is 12.1 Å². The number of hydrogen-bond acceptors (Lipinski definition) is 2. The number of alkyl halides is 3. The van der Waals surface area contributed by atoms with Crippen LogP contribution >= 0.6 is 0 Å². The Morgan fingerprint density at radius 1 is 1.35 bits per heavy atom. The van der Waals surface area contributed by atoms with Gasteiger partial charge in [0.2, 0.25) is 0 Å². The van der Waals surface area contributed by atoms with Gasteiger partial charge in [-0.05, 0) is 31.0 Å². The summed E-state index contributed by atoms with van der Waals surface area (Å²) in [7, 11) is 0. The Bertz CT molecular complexity index is 453. The van der Waals surface area contributed by atoms with Crippen LogP contribution in [0.15, 0.2) is 18.2 Å². The molecule has 2 N–H and O–H groups in total. The van der Waals surface area contributed by atoms with Crippen LogP contribution in [0.1, 0.15) is 28.8 Å². The molecular formula is C11H10F3NO2. The summed E-state index contributed by atoms with van der Waals surface area (Å²) in [6, 6.07) is 2.90. The highest BCUT2D eigenvalue weighted by Gasteiger charge is 2.32. The summed E-state index contributed by atoms with van der Waals surface area (Å²) in [6.45, 7) is 0. The van der Waals surface area contributed by atoms with Crippen LogP contribution in [0.25, 0.3) is 0 Å². The van der Waals surface area contributed by atoms with E-state index in [4.69, 9.17) is 5.11 Å². The standard InChI is InChI=1S/C11H10F3NO2/c12-11(13,14)6-1-4-9(15-7-2-3-7)8(5-6)10(16)17/h1,4-5,7,15H,2-3H2,(H,16,17). The molecule has 0 atom stereocenters. The molecule has 17 heavy (non-hydrogen) atoms. The van der Waals surface area contributed by atoms with Crippen LogP contribution in [0.3, 0.4) is 0 Å². The number of aromatic carboxylic acids is 1. The van der Waals surface area contributed by atoms with E-state index in [0.717, 1.165) is 18.9 Å². The third kappa shape index (κ3) is 2.69. The van der Waals surface area contributed by atoms with E-state index >= 15 is 0 Å². The first-order valence-electron chi connectivity index (χ1n) is 5.09. The van der Waals surface area contributed by atoms with Crippen molar-refractivity contribution in [1.82, 2.24) is 0 Å². The maximum atomic E-state index is 12.4. The summed E-state index contributed by atoms with van der Waals surface area (Å²) in [5.41, 5.74) is -1.05. The summed E-state index contributed by atoms with van der Waals surface area (Å²) >= 11 is 0. The second-order valence-electron chi connectivity index (χ2n) is 3.98. The van der Waals surface area contributed by atoms with E-state index in [1.165, 1.54) is 6.07 Å². The van der Waals surface area contributed by atoms with Crippen molar-refractivity contribution in [3.8, 4) is 0 Å². The van der Waals surface area contributed by atoms with Crippen LogP contribution in [0.2, 0.25) is 0 Å². The molecule has 1 aromatic carbocycles. The van der Waals surface area contributed by atoms with Crippen molar-refractivity contribution >= 4 is 11.7 Å². The first kappa shape index (κ1) is 11.8. The highest BCUT2D eigenvalue weighted by Crippen LogP contribution is 2.33. The molecule has 1 fully saturated rings. The third-order valence-corrected chi connectivity index (χ3v) is 2.51. The molecular weight excluding hydrogens is 235 g/mol. The zero-order valence-corrected chi connectivity index (χ0v) is 8.71. The van der Waals surface area contributed by atoms with Crippen molar-refractivity contribution in [2.24, 2.45) is 0 Å². The largest absolute Gasteiger partial charge is 0.478 e. The number of hydrogen-bond donors (Lipinski definition) is 2. The van der Waals surface area contributed by atoms with E-state index in [1.54, 1.807) is 0 Å². The van der Waals surface area contributed by atoms with Gasteiger partial charge < -0.3 is 10.4 Å². The molecule has 0 amide bonds. The highest BCUT2D eigenvalue weighted by molar-refractivity contribution is 5.94. The summed E-state index contributed by atoms with van der Waals surface area (Å²) in [5.74, 6) is -1.36. The summed E-state index contributed by atoms with van der Waals surface area (Å²) < 4.78 is 37.3. The van der Waals surface area contributed by atoms with Crippen molar-refractivity contribution in [3.05, 3.63) is 29.3 Å². The van der Waals surface area contributed by atoms with Gasteiger partial charge in [0.25, 0.3) is 0 Å². The average Bonchev–Trinajstić information content (AvgIpc) is 3.00. The molecule has 0 radical (unpaired) electrons. The topological polar surface area (TPSA) is 49.3 Å². The number of benzene rings is 1. The van der Waals surface area contributed by atoms with Crippen LogP contribution in [0.4, 0.5) is 18.9 Å². The number of anilines is 1. The van der Waals surface area contributed by atoms with E-state index in [1.807, 2.05) is 0 Å². The van der Waals surface area contributed by atoms with Crippen LogP contribution < -0.4 is 5.32 Å². The Morgan fingerprint density at radius 3 is 2.47 bits per heavy atom. The summed E-state index contributed by atoms with van der Waals surface area (Å²) in [4.78, 5) is 10.9. The van der Waals surface area contributed by atoms with E-state index in [-0.39, 0.29) is 17.3 Å². The molecule has 0 heterocycles. The first-order valence-corrected chi connectivity index (χ1v) is 5.09. The molecule has 0 aliphatic heterocycles. The van der Waals surface area contributed by atoms with E-state index in [0.29, 0.717) is 6.07 Å². The molecule has 0 aromatic heterocycles. The molecule has 0 saturated heterocycles. The Hall–Kier alpha value is -1.72. The molecule has 92 valence electrons. The van der Waals surface area contributed by atoms with Gasteiger partial charge in [0.15, 0.2) is 0 Å². The lowest BCUT2D eigenvalue weighted by Gasteiger charge is -2.12. The molecule has 0 unspecified atom stereocenters. The van der Waals surface area contributed by atoms with E-state index in [9.17, 15) is 18.0 Å². The summed E-state index contributed by atoms with van der Waals surface area (Å²) in [5, 5.41) is 11.8. The maximum absolute atomic E-state index is 12.4. The molecule has 1 aliphatic carbocycles. The smallest absolute Gasteiger partial charge is 0.416 e. The minimum absolute atomic E-state index is 0.185. The van der Waals surface area contributed by atoms with Crippen LogP contribution in [0, 0.1) is 0 Å². The molecule has 2 rings (SSSR count). The number of halogens is 3. The first-order chi connectivity index (χ1) is 7.88. The molecule has 0 spiro atoms. The SMILES string of the molecule is O=C(O)c1cc(C(F)(F)F)ccc1NC1CC1. The quantitative estimate of drug-likeness (QED) is 0.860. The zero-order valence-electron chi connectivity index (χ0n) is 8.71. The van der Waals surface area contributed by atoms with Gasteiger partial charge in [-0.2, -0.15) is 13.2 Å². The number of rotatable bonds is 3. The van der Waals surface area contributed by atoms with Crippen molar-refractivity contribution in [2.45, 2.75) is 25.1 Å². The number of carboxylic acid groups (broad SMARTS) is 1. The van der Waals surface area contributed by atoms with E-state index < -0.39 is 17.7 Å². The minimum atomic E-state index is -4.53. The third-order valence-electron chi connectivity index (χ3n) is 2.51. The Balaban J connectivity index is 2.36. The van der Waals surface area contributed by atoms with Gasteiger partial charge in [0, 0.05) is 11.7 Å². The van der Waals surface area contributed by atoms with Crippen LogP contribution in [-0.4, -0.2) is 17.1 Å². The van der Waals surface area contributed by atoms with Gasteiger partial charge in [0.1, 0.15) is 0 Å². The predicted molar refractivity (Wildman–Crippen MR) is 55.0 cm³/mol. The summed E-state index contributed by atoms with van der Waals surface area (Å²) in [6.07, 6.45) is -2.69. The Labute approximate surface area is 95.3 Å². The molecule has 1 saturated carbocycles. The number of nitrogens with one attached hydrogen (secondary N) is 1. The lowest BCUT2D eigenvalue weighted by atomic mass is 10.1. The minimum Gasteiger partial charge on any atom is -0.478 e. The van der Waals surface area contributed by atoms with Crippen molar-refractivity contribution < 1.29 is 23.1 Å². The number of carbonyl (C=O) groups is 1. The molecule has 3 nitrogen and oxygen atoms in total. The second kappa shape index (κ2) is 3.94. The lowest BCUT2D eigenvalue weighted by Crippen LogP contribution is -2.11. The molecule has 0 bridgehead atoms. The van der Waals surface area contributed by atoms with Gasteiger partial charge in [0.05, 0.1) is 11.1 Å². The van der Waals surface area contributed by atoms with Crippen molar-refractivity contribution in [3.63, 3.8) is 0 Å². The monoisotopic (exact) mass is 245 g/mol. The zero-order chi connectivity index (χ0) is 12.6.